The second-order valence-electron chi connectivity index (χ2n) is 5.70. The zero-order valence-corrected chi connectivity index (χ0v) is 11.1. The first-order valence-corrected chi connectivity index (χ1v) is 6.88. The van der Waals surface area contributed by atoms with E-state index in [0.29, 0.717) is 0 Å². The van der Waals surface area contributed by atoms with Crippen molar-refractivity contribution in [1.82, 2.24) is 5.32 Å². The van der Waals surface area contributed by atoms with Crippen LogP contribution in [0.25, 0.3) is 0 Å². The first-order valence-electron chi connectivity index (χ1n) is 6.88. The summed E-state index contributed by atoms with van der Waals surface area (Å²) in [6, 6.07) is 0.750. The normalized spacial score (nSPS) is 30.2. The first-order chi connectivity index (χ1) is 7.15. The highest BCUT2D eigenvalue weighted by atomic mass is 14.9. The average molecular weight is 211 g/mol. The third-order valence-electron chi connectivity index (χ3n) is 3.97. The standard InChI is InChI=1S/C14H29N/c1-5-15-14(11(2)3)13-8-6-7-12(4)9-10-13/h11-15H,5-10H2,1-4H3. The van der Waals surface area contributed by atoms with Crippen molar-refractivity contribution in [2.24, 2.45) is 17.8 Å². The van der Waals surface area contributed by atoms with Gasteiger partial charge in [0.15, 0.2) is 0 Å². The number of nitrogens with one attached hydrogen (secondary N) is 1. The number of hydrogen-bond donors (Lipinski definition) is 1. The molecule has 0 heterocycles. The summed E-state index contributed by atoms with van der Waals surface area (Å²) in [5, 5.41) is 3.69. The van der Waals surface area contributed by atoms with Crippen molar-refractivity contribution in [3.8, 4) is 0 Å². The van der Waals surface area contributed by atoms with Crippen LogP contribution < -0.4 is 5.32 Å². The molecule has 0 aromatic carbocycles. The lowest BCUT2D eigenvalue weighted by Crippen LogP contribution is -2.40. The molecule has 15 heavy (non-hydrogen) atoms. The summed E-state index contributed by atoms with van der Waals surface area (Å²) in [6.45, 7) is 10.5. The minimum Gasteiger partial charge on any atom is -0.314 e. The van der Waals surface area contributed by atoms with Gasteiger partial charge in [-0.3, -0.25) is 0 Å². The largest absolute Gasteiger partial charge is 0.314 e. The van der Waals surface area contributed by atoms with Gasteiger partial charge in [-0.2, -0.15) is 0 Å². The van der Waals surface area contributed by atoms with Gasteiger partial charge in [0.2, 0.25) is 0 Å². The second kappa shape index (κ2) is 6.52. The smallest absolute Gasteiger partial charge is 0.0118 e. The van der Waals surface area contributed by atoms with Gasteiger partial charge >= 0.3 is 0 Å². The Balaban J connectivity index is 2.50. The van der Waals surface area contributed by atoms with E-state index < -0.39 is 0 Å². The predicted molar refractivity (Wildman–Crippen MR) is 68.0 cm³/mol. The monoisotopic (exact) mass is 211 g/mol. The Hall–Kier alpha value is -0.0400. The molecule has 1 N–H and O–H groups in total. The average Bonchev–Trinajstić information content (AvgIpc) is 2.39. The number of hydrogen-bond acceptors (Lipinski definition) is 1. The van der Waals surface area contributed by atoms with Crippen LogP contribution in [0.1, 0.15) is 59.8 Å². The SMILES string of the molecule is CCNC(C(C)C)C1CCCC(C)CC1. The Labute approximate surface area is 96.0 Å². The molecule has 3 atom stereocenters. The molecule has 1 rings (SSSR count). The van der Waals surface area contributed by atoms with Gasteiger partial charge < -0.3 is 5.32 Å². The highest BCUT2D eigenvalue weighted by Crippen LogP contribution is 2.31. The maximum absolute atomic E-state index is 3.69. The van der Waals surface area contributed by atoms with Crippen molar-refractivity contribution < 1.29 is 0 Å². The van der Waals surface area contributed by atoms with Crippen LogP contribution in [0, 0.1) is 17.8 Å². The van der Waals surface area contributed by atoms with Crippen molar-refractivity contribution in [3.63, 3.8) is 0 Å². The molecule has 90 valence electrons. The molecule has 0 bridgehead atoms. The van der Waals surface area contributed by atoms with Gasteiger partial charge in [0, 0.05) is 6.04 Å². The molecule has 0 aromatic heterocycles. The molecule has 0 spiro atoms. The molecule has 1 nitrogen and oxygen atoms in total. The van der Waals surface area contributed by atoms with Crippen molar-refractivity contribution in [1.29, 1.82) is 0 Å². The van der Waals surface area contributed by atoms with E-state index >= 15 is 0 Å². The molecule has 1 aliphatic carbocycles. The van der Waals surface area contributed by atoms with E-state index in [2.05, 4.69) is 33.0 Å². The van der Waals surface area contributed by atoms with Gasteiger partial charge in [-0.05, 0) is 37.1 Å². The molecule has 1 heteroatoms. The van der Waals surface area contributed by atoms with Crippen molar-refractivity contribution in [3.05, 3.63) is 0 Å². The molecule has 0 radical (unpaired) electrons. The molecule has 0 aromatic rings. The van der Waals surface area contributed by atoms with Crippen molar-refractivity contribution >= 4 is 0 Å². The Kier molecular flexibility index (Phi) is 5.66. The third-order valence-corrected chi connectivity index (χ3v) is 3.97. The Morgan fingerprint density at radius 1 is 1.13 bits per heavy atom. The molecule has 1 fully saturated rings. The fraction of sp³-hybridized carbons (Fsp3) is 1.00. The van der Waals surface area contributed by atoms with E-state index in [1.807, 2.05) is 0 Å². The van der Waals surface area contributed by atoms with Crippen LogP contribution in [-0.2, 0) is 0 Å². The van der Waals surface area contributed by atoms with Crippen LogP contribution in [0.15, 0.2) is 0 Å². The summed E-state index contributed by atoms with van der Waals surface area (Å²) >= 11 is 0. The Morgan fingerprint density at radius 2 is 1.87 bits per heavy atom. The molecule has 0 amide bonds. The number of rotatable bonds is 4. The molecule has 3 unspecified atom stereocenters. The lowest BCUT2D eigenvalue weighted by atomic mass is 9.85. The van der Waals surface area contributed by atoms with E-state index in [-0.39, 0.29) is 0 Å². The molecule has 1 aliphatic rings. The van der Waals surface area contributed by atoms with Crippen molar-refractivity contribution in [2.75, 3.05) is 6.54 Å². The summed E-state index contributed by atoms with van der Waals surface area (Å²) in [7, 11) is 0. The summed E-state index contributed by atoms with van der Waals surface area (Å²) in [5.41, 5.74) is 0. The van der Waals surface area contributed by atoms with Gasteiger partial charge in [0.1, 0.15) is 0 Å². The quantitative estimate of drug-likeness (QED) is 0.697. The van der Waals surface area contributed by atoms with Crippen LogP contribution >= 0.6 is 0 Å². The fourth-order valence-corrected chi connectivity index (χ4v) is 3.06. The fourth-order valence-electron chi connectivity index (χ4n) is 3.06. The van der Waals surface area contributed by atoms with Gasteiger partial charge in [-0.1, -0.05) is 47.0 Å². The lowest BCUT2D eigenvalue weighted by molar-refractivity contribution is 0.260. The zero-order chi connectivity index (χ0) is 11.3. The van der Waals surface area contributed by atoms with Crippen molar-refractivity contribution in [2.45, 2.75) is 65.8 Å². The molecule has 0 aliphatic heterocycles. The Bertz CT molecular complexity index is 165. The van der Waals surface area contributed by atoms with Gasteiger partial charge in [-0.15, -0.1) is 0 Å². The maximum Gasteiger partial charge on any atom is 0.0118 e. The lowest BCUT2D eigenvalue weighted by Gasteiger charge is -2.30. The minimum atomic E-state index is 0.750. The summed E-state index contributed by atoms with van der Waals surface area (Å²) in [6.07, 6.45) is 7.23. The van der Waals surface area contributed by atoms with Crippen LogP contribution in [0.5, 0.6) is 0 Å². The maximum atomic E-state index is 3.69. The third kappa shape index (κ3) is 4.14. The summed E-state index contributed by atoms with van der Waals surface area (Å²) in [5.74, 6) is 2.67. The zero-order valence-electron chi connectivity index (χ0n) is 11.1. The highest BCUT2D eigenvalue weighted by molar-refractivity contribution is 4.81. The molecule has 0 saturated heterocycles. The summed E-state index contributed by atoms with van der Waals surface area (Å²) < 4.78 is 0. The van der Waals surface area contributed by atoms with Gasteiger partial charge in [-0.25, -0.2) is 0 Å². The molecule has 1 saturated carbocycles. The molecular weight excluding hydrogens is 182 g/mol. The topological polar surface area (TPSA) is 12.0 Å². The van der Waals surface area contributed by atoms with E-state index in [0.717, 1.165) is 30.3 Å². The highest BCUT2D eigenvalue weighted by Gasteiger charge is 2.25. The van der Waals surface area contributed by atoms with Crippen LogP contribution in [-0.4, -0.2) is 12.6 Å². The van der Waals surface area contributed by atoms with Gasteiger partial charge in [0.25, 0.3) is 0 Å². The van der Waals surface area contributed by atoms with E-state index in [1.165, 1.54) is 32.1 Å². The Morgan fingerprint density at radius 3 is 2.47 bits per heavy atom. The van der Waals surface area contributed by atoms with E-state index in [9.17, 15) is 0 Å². The van der Waals surface area contributed by atoms with E-state index in [1.54, 1.807) is 0 Å². The predicted octanol–water partition coefficient (Wildman–Crippen LogP) is 3.84. The summed E-state index contributed by atoms with van der Waals surface area (Å²) in [4.78, 5) is 0. The molecular formula is C14H29N. The minimum absolute atomic E-state index is 0.750. The van der Waals surface area contributed by atoms with Gasteiger partial charge in [0.05, 0.1) is 0 Å². The van der Waals surface area contributed by atoms with Crippen LogP contribution in [0.4, 0.5) is 0 Å². The second-order valence-corrected chi connectivity index (χ2v) is 5.70. The first kappa shape index (κ1) is 13.0. The van der Waals surface area contributed by atoms with E-state index in [4.69, 9.17) is 0 Å². The van der Waals surface area contributed by atoms with Crippen LogP contribution in [0.2, 0.25) is 0 Å². The van der Waals surface area contributed by atoms with Crippen LogP contribution in [0.3, 0.4) is 0 Å².